The molecule has 4 heteroatoms. The maximum atomic E-state index is 5.89. The third kappa shape index (κ3) is 8.72. The van der Waals surface area contributed by atoms with Crippen molar-refractivity contribution in [3.63, 3.8) is 0 Å². The van der Waals surface area contributed by atoms with Gasteiger partial charge in [-0.3, -0.25) is 0 Å². The second-order valence-electron chi connectivity index (χ2n) is 4.47. The van der Waals surface area contributed by atoms with Crippen molar-refractivity contribution in [2.24, 2.45) is 0 Å². The molecule has 0 aromatic heterocycles. The van der Waals surface area contributed by atoms with Gasteiger partial charge in [0.2, 0.25) is 0 Å². The van der Waals surface area contributed by atoms with Gasteiger partial charge in [-0.2, -0.15) is 0 Å². The van der Waals surface area contributed by atoms with E-state index in [0.717, 1.165) is 62.8 Å². The van der Waals surface area contributed by atoms with Gasteiger partial charge >= 0.3 is 126 Å². The van der Waals surface area contributed by atoms with Crippen LogP contribution in [-0.2, 0) is 14.2 Å². The van der Waals surface area contributed by atoms with Crippen LogP contribution in [0.2, 0.25) is 4.44 Å². The first-order valence-corrected chi connectivity index (χ1v) is 9.32. The summed E-state index contributed by atoms with van der Waals surface area (Å²) >= 11 is 1.39. The Balaban J connectivity index is 4.20. The first-order valence-electron chi connectivity index (χ1n) is 7.31. The van der Waals surface area contributed by atoms with Crippen LogP contribution in [0.1, 0.15) is 59.3 Å². The van der Waals surface area contributed by atoms with Crippen LogP contribution in [0.15, 0.2) is 0 Å². The second-order valence-corrected chi connectivity index (χ2v) is 5.47. The molecule has 0 amide bonds. The third-order valence-electron chi connectivity index (χ3n) is 2.68. The Hall–Kier alpha value is 0.679. The Morgan fingerprint density at radius 2 is 1.06 bits per heavy atom. The Morgan fingerprint density at radius 1 is 0.722 bits per heavy atom. The molecule has 0 rings (SSSR count). The van der Waals surface area contributed by atoms with Crippen molar-refractivity contribution >= 4 is 22.5 Å². The van der Waals surface area contributed by atoms with Crippen LogP contribution in [0.25, 0.3) is 0 Å². The van der Waals surface area contributed by atoms with E-state index in [2.05, 4.69) is 20.8 Å². The van der Waals surface area contributed by atoms with Gasteiger partial charge in [-0.25, -0.2) is 0 Å². The molecule has 0 bridgehead atoms. The molecule has 3 nitrogen and oxygen atoms in total. The molecule has 0 aliphatic rings. The summed E-state index contributed by atoms with van der Waals surface area (Å²) < 4.78 is 18.5. The zero-order valence-electron chi connectivity index (χ0n) is 12.3. The SMILES string of the molecule is CCCCOC([CH2][Sn])(OCCCC)OCCCC. The van der Waals surface area contributed by atoms with Crippen molar-refractivity contribution in [2.75, 3.05) is 19.8 Å². The van der Waals surface area contributed by atoms with Crippen LogP contribution in [0.4, 0.5) is 0 Å². The minimum atomic E-state index is -0.766. The van der Waals surface area contributed by atoms with Crippen LogP contribution < -0.4 is 0 Å². The van der Waals surface area contributed by atoms with Crippen molar-refractivity contribution in [3.8, 4) is 0 Å². The topological polar surface area (TPSA) is 27.7 Å². The fraction of sp³-hybridized carbons (Fsp3) is 1.00. The van der Waals surface area contributed by atoms with Crippen LogP contribution in [0, 0.1) is 0 Å². The van der Waals surface area contributed by atoms with E-state index < -0.39 is 5.97 Å². The molecule has 0 heterocycles. The van der Waals surface area contributed by atoms with Crippen molar-refractivity contribution in [2.45, 2.75) is 69.7 Å². The van der Waals surface area contributed by atoms with Crippen LogP contribution >= 0.6 is 0 Å². The average Bonchev–Trinajstić information content (AvgIpc) is 2.39. The van der Waals surface area contributed by atoms with Gasteiger partial charge in [0.05, 0.1) is 0 Å². The van der Waals surface area contributed by atoms with Crippen molar-refractivity contribution in [3.05, 3.63) is 0 Å². The molecule has 0 saturated carbocycles. The van der Waals surface area contributed by atoms with Gasteiger partial charge in [0.15, 0.2) is 0 Å². The number of hydrogen-bond donors (Lipinski definition) is 0. The quantitative estimate of drug-likeness (QED) is 0.284. The first-order chi connectivity index (χ1) is 8.74. The summed E-state index contributed by atoms with van der Waals surface area (Å²) in [6.07, 6.45) is 6.59. The van der Waals surface area contributed by atoms with Crippen LogP contribution in [-0.4, -0.2) is 48.3 Å². The molecule has 0 aromatic carbocycles. The van der Waals surface area contributed by atoms with Gasteiger partial charge in [0.1, 0.15) is 0 Å². The van der Waals surface area contributed by atoms with E-state index in [1.165, 1.54) is 22.5 Å². The predicted octanol–water partition coefficient (Wildman–Crippen LogP) is 3.68. The summed E-state index contributed by atoms with van der Waals surface area (Å²) in [6.45, 7) is 8.67. The van der Waals surface area contributed by atoms with Gasteiger partial charge in [0, 0.05) is 0 Å². The standard InChI is InChI=1S/C14H29O3.Sn/c1-5-8-11-15-14(4,16-12-9-6-2)17-13-10-7-3;/h4-13H2,1-3H3;. The number of unbranched alkanes of at least 4 members (excludes halogenated alkanes) is 3. The van der Waals surface area contributed by atoms with E-state index in [4.69, 9.17) is 14.2 Å². The van der Waals surface area contributed by atoms with Gasteiger partial charge < -0.3 is 0 Å². The van der Waals surface area contributed by atoms with E-state index in [-0.39, 0.29) is 0 Å². The first kappa shape index (κ1) is 18.7. The molecule has 0 spiro atoms. The fourth-order valence-electron chi connectivity index (χ4n) is 1.39. The summed E-state index contributed by atoms with van der Waals surface area (Å²) in [7, 11) is 0. The molecule has 0 unspecified atom stereocenters. The maximum absolute atomic E-state index is 5.89. The van der Waals surface area contributed by atoms with Gasteiger partial charge in [-0.15, -0.1) is 0 Å². The Morgan fingerprint density at radius 3 is 1.28 bits per heavy atom. The normalized spacial score (nSPS) is 12.0. The van der Waals surface area contributed by atoms with E-state index in [9.17, 15) is 0 Å². The van der Waals surface area contributed by atoms with Crippen LogP contribution in [0.3, 0.4) is 0 Å². The van der Waals surface area contributed by atoms with E-state index in [1.807, 2.05) is 0 Å². The molecule has 0 aromatic rings. The second kappa shape index (κ2) is 12.7. The van der Waals surface area contributed by atoms with E-state index in [0.29, 0.717) is 0 Å². The molecule has 18 heavy (non-hydrogen) atoms. The third-order valence-corrected chi connectivity index (χ3v) is 3.91. The van der Waals surface area contributed by atoms with Crippen molar-refractivity contribution in [1.82, 2.24) is 0 Å². The Kier molecular flexibility index (Phi) is 13.2. The number of rotatable bonds is 13. The number of hydrogen-bond acceptors (Lipinski definition) is 3. The number of ether oxygens (including phenoxy) is 3. The Bertz CT molecular complexity index is 150. The summed E-state index contributed by atoms with van der Waals surface area (Å²) in [4.78, 5) is 0. The summed E-state index contributed by atoms with van der Waals surface area (Å²) in [6, 6.07) is 0. The molecule has 3 radical (unpaired) electrons. The van der Waals surface area contributed by atoms with Crippen molar-refractivity contribution in [1.29, 1.82) is 0 Å². The van der Waals surface area contributed by atoms with E-state index >= 15 is 0 Å². The Labute approximate surface area is 126 Å². The molecule has 0 aliphatic heterocycles. The monoisotopic (exact) mass is 365 g/mol. The zero-order chi connectivity index (χ0) is 13.7. The zero-order valence-corrected chi connectivity index (χ0v) is 15.1. The van der Waals surface area contributed by atoms with Gasteiger partial charge in [-0.05, 0) is 0 Å². The molecular formula is C14H29O3Sn. The fourth-order valence-corrected chi connectivity index (χ4v) is 2.27. The van der Waals surface area contributed by atoms with Gasteiger partial charge in [-0.1, -0.05) is 0 Å². The molecule has 0 aliphatic carbocycles. The molecule has 0 atom stereocenters. The van der Waals surface area contributed by atoms with E-state index in [1.54, 1.807) is 0 Å². The molecule has 0 N–H and O–H groups in total. The summed E-state index contributed by atoms with van der Waals surface area (Å²) in [5.74, 6) is -0.766. The van der Waals surface area contributed by atoms with Gasteiger partial charge in [0.25, 0.3) is 0 Å². The molecule has 107 valence electrons. The molecule has 0 saturated heterocycles. The van der Waals surface area contributed by atoms with Crippen LogP contribution in [0.5, 0.6) is 0 Å². The van der Waals surface area contributed by atoms with Crippen molar-refractivity contribution < 1.29 is 14.2 Å². The predicted molar refractivity (Wildman–Crippen MR) is 75.9 cm³/mol. The minimum absolute atomic E-state index is 0.725. The molecule has 0 fully saturated rings. The molecular weight excluding hydrogens is 335 g/mol. The summed E-state index contributed by atoms with van der Waals surface area (Å²) in [5.41, 5.74) is 0. The summed E-state index contributed by atoms with van der Waals surface area (Å²) in [5, 5.41) is 0. The average molecular weight is 364 g/mol.